The molecule has 10 heteroatoms. The van der Waals surface area contributed by atoms with Gasteiger partial charge < -0.3 is 18.8 Å². The minimum atomic E-state index is -0.262. The van der Waals surface area contributed by atoms with Crippen LogP contribution in [0.2, 0.25) is 5.02 Å². The average molecular weight is 501 g/mol. The second kappa shape index (κ2) is 9.62. The van der Waals surface area contributed by atoms with Gasteiger partial charge in [0.05, 0.1) is 5.69 Å². The van der Waals surface area contributed by atoms with E-state index < -0.39 is 0 Å². The van der Waals surface area contributed by atoms with Gasteiger partial charge in [-0.2, -0.15) is 0 Å². The Morgan fingerprint density at radius 3 is 2.91 bits per heavy atom. The van der Waals surface area contributed by atoms with E-state index in [-0.39, 0.29) is 12.9 Å². The van der Waals surface area contributed by atoms with Crippen molar-refractivity contribution in [2.45, 2.75) is 37.4 Å². The Bertz CT molecular complexity index is 1280. The van der Waals surface area contributed by atoms with Crippen LogP contribution >= 0.6 is 34.7 Å². The molecule has 0 spiro atoms. The van der Waals surface area contributed by atoms with Crippen LogP contribution in [0, 0.1) is 0 Å². The van der Waals surface area contributed by atoms with Gasteiger partial charge in [0.1, 0.15) is 10.8 Å². The van der Waals surface area contributed by atoms with Crippen LogP contribution in [0.25, 0.3) is 10.6 Å². The maximum Gasteiger partial charge on any atom is 0.231 e. The molecule has 2 aromatic heterocycles. The molecule has 0 bridgehead atoms. The topological polar surface area (TPSA) is 71.3 Å². The summed E-state index contributed by atoms with van der Waals surface area (Å²) < 4.78 is 19.0. The Kier molecular flexibility index (Phi) is 6.43. The number of nitrogens with zero attached hydrogens (tertiary/aromatic N) is 4. The minimum absolute atomic E-state index is 0.262. The van der Waals surface area contributed by atoms with Crippen LogP contribution in [0.5, 0.6) is 17.2 Å². The van der Waals surface area contributed by atoms with E-state index in [2.05, 4.69) is 27.1 Å². The van der Waals surface area contributed by atoms with Gasteiger partial charge in [0.2, 0.25) is 6.79 Å². The summed E-state index contributed by atoms with van der Waals surface area (Å²) in [5.74, 6) is 3.71. The normalized spacial score (nSPS) is 13.3. The van der Waals surface area contributed by atoms with Crippen LogP contribution in [0.3, 0.4) is 0 Å². The highest BCUT2D eigenvalue weighted by atomic mass is 35.5. The molecule has 4 aromatic rings. The van der Waals surface area contributed by atoms with Crippen LogP contribution in [0.1, 0.15) is 31.5 Å². The molecule has 0 saturated heterocycles. The van der Waals surface area contributed by atoms with E-state index >= 15 is 0 Å². The lowest BCUT2D eigenvalue weighted by Crippen LogP contribution is -2.12. The number of halogens is 1. The molecular weight excluding hydrogens is 480 g/mol. The zero-order valence-electron chi connectivity index (χ0n) is 18.0. The summed E-state index contributed by atoms with van der Waals surface area (Å²) >= 11 is 9.29. The molecule has 170 valence electrons. The smallest absolute Gasteiger partial charge is 0.231 e. The van der Waals surface area contributed by atoms with Crippen LogP contribution in [0.15, 0.2) is 53.0 Å². The van der Waals surface area contributed by atoms with Crippen molar-refractivity contribution in [1.82, 2.24) is 19.7 Å². The Morgan fingerprint density at radius 2 is 2.06 bits per heavy atom. The summed E-state index contributed by atoms with van der Waals surface area (Å²) in [6.07, 6.45) is -0.262. The molecule has 2 aromatic carbocycles. The molecule has 1 atom stereocenters. The quantitative estimate of drug-likeness (QED) is 0.265. The maximum absolute atomic E-state index is 6.07. The monoisotopic (exact) mass is 500 g/mol. The van der Waals surface area contributed by atoms with Crippen LogP contribution in [-0.4, -0.2) is 26.5 Å². The van der Waals surface area contributed by atoms with Crippen molar-refractivity contribution in [2.75, 3.05) is 6.79 Å². The third-order valence-electron chi connectivity index (χ3n) is 5.05. The molecule has 0 fully saturated rings. The third-order valence-corrected chi connectivity index (χ3v) is 7.23. The number of thiazole rings is 1. The third kappa shape index (κ3) is 4.80. The first-order valence-corrected chi connectivity index (χ1v) is 12.7. The molecule has 5 rings (SSSR count). The predicted octanol–water partition coefficient (Wildman–Crippen LogP) is 6.24. The van der Waals surface area contributed by atoms with Gasteiger partial charge in [-0.25, -0.2) is 4.98 Å². The molecule has 0 aliphatic carbocycles. The number of hydrogen-bond acceptors (Lipinski definition) is 8. The Labute approximate surface area is 204 Å². The molecule has 0 amide bonds. The van der Waals surface area contributed by atoms with Crippen molar-refractivity contribution in [2.24, 2.45) is 0 Å². The van der Waals surface area contributed by atoms with Gasteiger partial charge in [-0.1, -0.05) is 29.4 Å². The van der Waals surface area contributed by atoms with E-state index in [9.17, 15) is 0 Å². The molecule has 1 unspecified atom stereocenters. The first-order chi connectivity index (χ1) is 16.1. The second-order valence-corrected chi connectivity index (χ2v) is 9.54. The van der Waals surface area contributed by atoms with Crippen LogP contribution in [0.4, 0.5) is 0 Å². The van der Waals surface area contributed by atoms with E-state index in [4.69, 9.17) is 30.8 Å². The van der Waals surface area contributed by atoms with Gasteiger partial charge in [0.15, 0.2) is 28.6 Å². The van der Waals surface area contributed by atoms with Crippen LogP contribution in [-0.2, 0) is 12.3 Å². The van der Waals surface area contributed by atoms with Crippen molar-refractivity contribution in [3.63, 3.8) is 0 Å². The molecule has 3 heterocycles. The summed E-state index contributed by atoms with van der Waals surface area (Å²) in [4.78, 5) is 4.79. The molecule has 0 saturated carbocycles. The lowest BCUT2D eigenvalue weighted by Gasteiger charge is -2.15. The molecule has 7 nitrogen and oxygen atoms in total. The maximum atomic E-state index is 6.07. The number of hydrogen-bond donors (Lipinski definition) is 0. The van der Waals surface area contributed by atoms with Gasteiger partial charge in [-0.3, -0.25) is 0 Å². The SMILES string of the molecule is CCn1c(SCc2csc(-c3ccc4c(c3)OCO4)n2)nnc1C(C)Oc1cccc(Cl)c1. The number of ether oxygens (including phenoxy) is 3. The highest BCUT2D eigenvalue weighted by molar-refractivity contribution is 7.98. The lowest BCUT2D eigenvalue weighted by atomic mass is 10.2. The summed E-state index contributed by atoms with van der Waals surface area (Å²) in [7, 11) is 0. The zero-order valence-corrected chi connectivity index (χ0v) is 20.4. The highest BCUT2D eigenvalue weighted by Crippen LogP contribution is 2.37. The Hall–Kier alpha value is -2.75. The van der Waals surface area contributed by atoms with Gasteiger partial charge in [-0.15, -0.1) is 21.5 Å². The molecule has 0 N–H and O–H groups in total. The van der Waals surface area contributed by atoms with Gasteiger partial charge in [-0.05, 0) is 50.2 Å². The highest BCUT2D eigenvalue weighted by Gasteiger charge is 2.20. The second-order valence-electron chi connectivity index (χ2n) is 7.30. The average Bonchev–Trinajstić information content (AvgIpc) is 3.56. The first-order valence-electron chi connectivity index (χ1n) is 10.4. The van der Waals surface area contributed by atoms with E-state index in [1.807, 2.05) is 43.3 Å². The molecule has 1 aliphatic heterocycles. The number of rotatable bonds is 8. The minimum Gasteiger partial charge on any atom is -0.483 e. The fourth-order valence-corrected chi connectivity index (χ4v) is 5.48. The molecular formula is C23H21ClN4O3S2. The standard InChI is InChI=1S/C23H21ClN4O3S2/c1-3-28-21(14(2)31-18-6-4-5-16(24)10-18)26-27-23(28)33-12-17-11-32-22(25-17)15-7-8-19-20(9-15)30-13-29-19/h4-11,14H,3,12-13H2,1-2H3. The summed E-state index contributed by atoms with van der Waals surface area (Å²) in [6.45, 7) is 5.04. The van der Waals surface area contributed by atoms with E-state index in [1.54, 1.807) is 29.2 Å². The summed E-state index contributed by atoms with van der Waals surface area (Å²) in [6, 6.07) is 13.3. The molecule has 33 heavy (non-hydrogen) atoms. The number of thioether (sulfide) groups is 1. The Balaban J connectivity index is 1.26. The van der Waals surface area contributed by atoms with Crippen molar-refractivity contribution < 1.29 is 14.2 Å². The van der Waals surface area contributed by atoms with Gasteiger partial charge >= 0.3 is 0 Å². The lowest BCUT2D eigenvalue weighted by molar-refractivity contribution is 0.174. The Morgan fingerprint density at radius 1 is 1.18 bits per heavy atom. The molecule has 0 radical (unpaired) electrons. The van der Waals surface area contributed by atoms with Gasteiger partial charge in [0.25, 0.3) is 0 Å². The number of fused-ring (bicyclic) bond motifs is 1. The van der Waals surface area contributed by atoms with Crippen molar-refractivity contribution in [1.29, 1.82) is 0 Å². The molecule has 1 aliphatic rings. The number of aromatic nitrogens is 4. The largest absolute Gasteiger partial charge is 0.483 e. The predicted molar refractivity (Wildman–Crippen MR) is 129 cm³/mol. The zero-order chi connectivity index (χ0) is 22.8. The van der Waals surface area contributed by atoms with Crippen molar-refractivity contribution >= 4 is 34.7 Å². The van der Waals surface area contributed by atoms with Crippen molar-refractivity contribution in [3.8, 4) is 27.8 Å². The van der Waals surface area contributed by atoms with Crippen molar-refractivity contribution in [3.05, 3.63) is 64.4 Å². The van der Waals surface area contributed by atoms with Gasteiger partial charge in [0, 0.05) is 28.3 Å². The fraction of sp³-hybridized carbons (Fsp3) is 0.261. The first kappa shape index (κ1) is 22.1. The van der Waals surface area contributed by atoms with Crippen LogP contribution < -0.4 is 14.2 Å². The van der Waals surface area contributed by atoms with E-state index in [1.165, 1.54) is 0 Å². The number of benzene rings is 2. The summed E-state index contributed by atoms with van der Waals surface area (Å²) in [5, 5.41) is 13.3. The van der Waals surface area contributed by atoms with E-state index in [0.717, 1.165) is 45.3 Å². The van der Waals surface area contributed by atoms with E-state index in [0.29, 0.717) is 16.5 Å². The summed E-state index contributed by atoms with van der Waals surface area (Å²) in [5.41, 5.74) is 2.01. The fourth-order valence-electron chi connectivity index (χ4n) is 3.48.